The van der Waals surface area contributed by atoms with Crippen molar-refractivity contribution in [3.05, 3.63) is 100 Å². The van der Waals surface area contributed by atoms with Gasteiger partial charge in [0.25, 0.3) is 0 Å². The lowest BCUT2D eigenvalue weighted by Gasteiger charge is -2.35. The summed E-state index contributed by atoms with van der Waals surface area (Å²) in [5.41, 5.74) is 5.15. The Morgan fingerprint density at radius 3 is 2.42 bits per heavy atom. The third kappa shape index (κ3) is 3.47. The number of H-pyrrole nitrogens is 1. The quantitative estimate of drug-likeness (QED) is 0.432. The van der Waals surface area contributed by atoms with E-state index in [1.807, 2.05) is 54.6 Å². The largest absolute Gasteiger partial charge is 0.357 e. The molecular weight excluding hydrogens is 428 g/mol. The zero-order chi connectivity index (χ0) is 21.6. The highest BCUT2D eigenvalue weighted by Crippen LogP contribution is 2.41. The molecule has 0 saturated carbocycles. The monoisotopic (exact) mass is 450 g/mol. The van der Waals surface area contributed by atoms with Gasteiger partial charge in [0, 0.05) is 28.2 Å². The Labute approximate surface area is 187 Å². The number of para-hydroxylation sites is 1. The average molecular weight is 451 g/mol. The lowest BCUT2D eigenvalue weighted by Crippen LogP contribution is -2.40. The molecule has 1 N–H and O–H groups in total. The van der Waals surface area contributed by atoms with Crippen LogP contribution in [0.1, 0.15) is 35.3 Å². The van der Waals surface area contributed by atoms with Gasteiger partial charge in [-0.15, -0.1) is 0 Å². The van der Waals surface area contributed by atoms with Crippen LogP contribution in [-0.4, -0.2) is 24.3 Å². The van der Waals surface area contributed by atoms with Crippen LogP contribution in [0.25, 0.3) is 10.9 Å². The van der Waals surface area contributed by atoms with E-state index in [4.69, 9.17) is 11.6 Å². The number of fused-ring (bicyclic) bond motifs is 3. The molecule has 0 aliphatic carbocycles. The zero-order valence-corrected chi connectivity index (χ0v) is 18.7. The van der Waals surface area contributed by atoms with Crippen LogP contribution < -0.4 is 0 Å². The van der Waals surface area contributed by atoms with Crippen molar-refractivity contribution in [1.82, 2.24) is 9.29 Å². The number of hydrogen-bond donors (Lipinski definition) is 1. The molecule has 0 bridgehead atoms. The second-order valence-corrected chi connectivity index (χ2v) is 10.2. The molecule has 158 valence electrons. The number of rotatable bonds is 4. The first-order chi connectivity index (χ1) is 15.0. The van der Waals surface area contributed by atoms with Crippen LogP contribution in [-0.2, 0) is 22.9 Å². The fourth-order valence-corrected chi connectivity index (χ4v) is 6.20. The first kappa shape index (κ1) is 20.3. The molecule has 4 aromatic rings. The molecule has 6 heteroatoms. The van der Waals surface area contributed by atoms with Crippen molar-refractivity contribution in [3.8, 4) is 0 Å². The van der Waals surface area contributed by atoms with Crippen molar-refractivity contribution < 1.29 is 8.42 Å². The van der Waals surface area contributed by atoms with Gasteiger partial charge in [-0.2, -0.15) is 4.31 Å². The Morgan fingerprint density at radius 1 is 1.00 bits per heavy atom. The van der Waals surface area contributed by atoms with Crippen LogP contribution in [0.15, 0.2) is 77.7 Å². The highest BCUT2D eigenvalue weighted by atomic mass is 35.5. The summed E-state index contributed by atoms with van der Waals surface area (Å²) in [6.07, 6.45) is 1.53. The van der Waals surface area contributed by atoms with Gasteiger partial charge in [0.2, 0.25) is 10.0 Å². The highest BCUT2D eigenvalue weighted by Gasteiger charge is 2.39. The van der Waals surface area contributed by atoms with Crippen molar-refractivity contribution >= 4 is 32.5 Å². The Hall–Kier alpha value is -2.60. The topological polar surface area (TPSA) is 53.2 Å². The number of aryl methyl sites for hydroxylation is 1. The van der Waals surface area contributed by atoms with E-state index < -0.39 is 16.1 Å². The molecule has 1 aliphatic heterocycles. The van der Waals surface area contributed by atoms with Crippen LogP contribution in [0.3, 0.4) is 0 Å². The van der Waals surface area contributed by atoms with Gasteiger partial charge in [-0.3, -0.25) is 0 Å². The number of benzene rings is 3. The molecule has 0 amide bonds. The fourth-order valence-electron chi connectivity index (χ4n) is 4.49. The van der Waals surface area contributed by atoms with Crippen LogP contribution >= 0.6 is 11.6 Å². The molecule has 2 heterocycles. The summed E-state index contributed by atoms with van der Waals surface area (Å²) in [5, 5.41) is 1.78. The first-order valence-corrected chi connectivity index (χ1v) is 12.3. The van der Waals surface area contributed by atoms with Gasteiger partial charge in [0.15, 0.2) is 0 Å². The summed E-state index contributed by atoms with van der Waals surface area (Å²) in [5.74, 6) is 0. The number of nitrogens with zero attached hydrogens (tertiary/aromatic N) is 1. The van der Waals surface area contributed by atoms with E-state index in [1.54, 1.807) is 16.4 Å². The third-order valence-electron chi connectivity index (χ3n) is 6.11. The van der Waals surface area contributed by atoms with Gasteiger partial charge < -0.3 is 4.98 Å². The van der Waals surface area contributed by atoms with Crippen molar-refractivity contribution in [2.45, 2.75) is 30.7 Å². The molecule has 1 unspecified atom stereocenters. The molecule has 0 radical (unpaired) electrons. The summed E-state index contributed by atoms with van der Waals surface area (Å²) >= 11 is 6.13. The first-order valence-electron chi connectivity index (χ1n) is 10.4. The van der Waals surface area contributed by atoms with Gasteiger partial charge in [-0.1, -0.05) is 61.0 Å². The van der Waals surface area contributed by atoms with E-state index in [0.29, 0.717) is 22.9 Å². The highest BCUT2D eigenvalue weighted by molar-refractivity contribution is 7.89. The van der Waals surface area contributed by atoms with Crippen LogP contribution in [0, 0.1) is 0 Å². The van der Waals surface area contributed by atoms with E-state index >= 15 is 0 Å². The Kier molecular flexibility index (Phi) is 5.13. The molecule has 0 fully saturated rings. The fraction of sp³-hybridized carbons (Fsp3) is 0.200. The second kappa shape index (κ2) is 7.83. The summed E-state index contributed by atoms with van der Waals surface area (Å²) < 4.78 is 29.1. The van der Waals surface area contributed by atoms with Crippen molar-refractivity contribution in [3.63, 3.8) is 0 Å². The van der Waals surface area contributed by atoms with Gasteiger partial charge in [0.1, 0.15) is 0 Å². The van der Waals surface area contributed by atoms with E-state index in [1.165, 1.54) is 5.56 Å². The van der Waals surface area contributed by atoms with E-state index in [9.17, 15) is 8.42 Å². The van der Waals surface area contributed by atoms with Crippen LogP contribution in [0.5, 0.6) is 0 Å². The van der Waals surface area contributed by atoms with Crippen LogP contribution in [0.2, 0.25) is 5.02 Å². The standard InChI is InChI=1S/C25H23ClN2O2S/c1-2-17-7-13-20(14-8-17)31(29,30)28-16-15-22-21-5-3-4-6-23(21)27-24(22)25(28)18-9-11-19(26)12-10-18/h3-14,25,27H,2,15-16H2,1H3. The predicted octanol–water partition coefficient (Wildman–Crippen LogP) is 5.72. The van der Waals surface area contributed by atoms with Crippen molar-refractivity contribution in [2.75, 3.05) is 6.54 Å². The van der Waals surface area contributed by atoms with Gasteiger partial charge in [-0.25, -0.2) is 8.42 Å². The maximum absolute atomic E-state index is 13.7. The number of hydrogen-bond acceptors (Lipinski definition) is 2. The average Bonchev–Trinajstić information content (AvgIpc) is 3.18. The Morgan fingerprint density at radius 2 is 1.71 bits per heavy atom. The van der Waals surface area contributed by atoms with Crippen LogP contribution in [0.4, 0.5) is 0 Å². The minimum atomic E-state index is -3.69. The maximum Gasteiger partial charge on any atom is 0.244 e. The SMILES string of the molecule is CCc1ccc(S(=O)(=O)N2CCc3c([nH]c4ccccc34)C2c2ccc(Cl)cc2)cc1. The molecule has 1 aliphatic rings. The maximum atomic E-state index is 13.7. The Bertz CT molecular complexity index is 1340. The van der Waals surface area contributed by atoms with E-state index in [0.717, 1.165) is 34.1 Å². The number of nitrogens with one attached hydrogen (secondary N) is 1. The predicted molar refractivity (Wildman–Crippen MR) is 125 cm³/mol. The third-order valence-corrected chi connectivity index (χ3v) is 8.24. The van der Waals surface area contributed by atoms with E-state index in [-0.39, 0.29) is 0 Å². The van der Waals surface area contributed by atoms with Gasteiger partial charge in [-0.05, 0) is 59.9 Å². The lowest BCUT2D eigenvalue weighted by molar-refractivity contribution is 0.340. The smallest absolute Gasteiger partial charge is 0.244 e. The number of aromatic nitrogens is 1. The van der Waals surface area contributed by atoms with Gasteiger partial charge >= 0.3 is 0 Å². The minimum absolute atomic E-state index is 0.322. The van der Waals surface area contributed by atoms with E-state index in [2.05, 4.69) is 18.0 Å². The molecule has 1 atom stereocenters. The molecule has 1 aromatic heterocycles. The summed E-state index contributed by atoms with van der Waals surface area (Å²) in [4.78, 5) is 3.83. The number of halogens is 1. The lowest BCUT2D eigenvalue weighted by atomic mass is 9.94. The molecule has 5 rings (SSSR count). The number of sulfonamides is 1. The minimum Gasteiger partial charge on any atom is -0.357 e. The zero-order valence-electron chi connectivity index (χ0n) is 17.2. The molecule has 0 saturated heterocycles. The number of aromatic amines is 1. The van der Waals surface area contributed by atoms with Crippen molar-refractivity contribution in [2.24, 2.45) is 0 Å². The molecule has 0 spiro atoms. The molecular formula is C25H23ClN2O2S. The summed E-state index contributed by atoms with van der Waals surface area (Å²) in [6.45, 7) is 2.47. The molecule has 31 heavy (non-hydrogen) atoms. The van der Waals surface area contributed by atoms with Crippen molar-refractivity contribution in [1.29, 1.82) is 0 Å². The second-order valence-electron chi connectivity index (χ2n) is 7.88. The summed E-state index contributed by atoms with van der Waals surface area (Å²) in [7, 11) is -3.69. The van der Waals surface area contributed by atoms with Gasteiger partial charge in [0.05, 0.1) is 10.9 Å². The normalized spacial score (nSPS) is 17.0. The molecule has 4 nitrogen and oxygen atoms in total. The molecule has 3 aromatic carbocycles. The Balaban J connectivity index is 1.68. The summed E-state index contributed by atoms with van der Waals surface area (Å²) in [6, 6.07) is 22.4.